The highest BCUT2D eigenvalue weighted by Crippen LogP contribution is 2.23. The molecular formula is C17H25N5O2. The Labute approximate surface area is 141 Å². The standard InChI is InChI=1S/C17H25N5O2/c1-11(2)9-15-13-10-22(8-7-14(13)19-20-15)17(24)6-4-12-3-5-16(23)21-18-12/h11H,3-10H2,1-2H3,(H,19,20)(H,21,23). The van der Waals surface area contributed by atoms with Crippen LogP contribution in [0.15, 0.2) is 5.10 Å². The van der Waals surface area contributed by atoms with Crippen LogP contribution in [0.4, 0.5) is 0 Å². The molecular weight excluding hydrogens is 306 g/mol. The van der Waals surface area contributed by atoms with Gasteiger partial charge in [-0.3, -0.25) is 14.7 Å². The normalized spacial score (nSPS) is 17.5. The summed E-state index contributed by atoms with van der Waals surface area (Å²) in [6.45, 7) is 5.74. The number of carbonyl (C=O) groups is 2. The lowest BCUT2D eigenvalue weighted by molar-refractivity contribution is -0.132. The van der Waals surface area contributed by atoms with E-state index in [9.17, 15) is 9.59 Å². The molecule has 0 unspecified atom stereocenters. The smallest absolute Gasteiger partial charge is 0.240 e. The van der Waals surface area contributed by atoms with E-state index in [2.05, 4.69) is 34.6 Å². The van der Waals surface area contributed by atoms with Gasteiger partial charge in [0.15, 0.2) is 0 Å². The average molecular weight is 331 g/mol. The first-order valence-corrected chi connectivity index (χ1v) is 8.70. The van der Waals surface area contributed by atoms with E-state index in [1.165, 1.54) is 11.3 Å². The van der Waals surface area contributed by atoms with E-state index in [0.717, 1.165) is 30.8 Å². The summed E-state index contributed by atoms with van der Waals surface area (Å²) in [4.78, 5) is 25.5. The van der Waals surface area contributed by atoms with Crippen LogP contribution in [0.5, 0.6) is 0 Å². The molecule has 3 heterocycles. The summed E-state index contributed by atoms with van der Waals surface area (Å²) in [5.74, 6) is 0.645. The molecule has 0 atom stereocenters. The number of fused-ring (bicyclic) bond motifs is 1. The van der Waals surface area contributed by atoms with Crippen molar-refractivity contribution < 1.29 is 9.59 Å². The van der Waals surface area contributed by atoms with Gasteiger partial charge in [-0.25, -0.2) is 5.43 Å². The molecule has 7 nitrogen and oxygen atoms in total. The zero-order valence-corrected chi connectivity index (χ0v) is 14.4. The van der Waals surface area contributed by atoms with E-state index in [0.29, 0.717) is 38.1 Å². The largest absolute Gasteiger partial charge is 0.338 e. The fraction of sp³-hybridized carbons (Fsp3) is 0.647. The van der Waals surface area contributed by atoms with E-state index >= 15 is 0 Å². The van der Waals surface area contributed by atoms with Gasteiger partial charge in [-0.05, 0) is 25.2 Å². The molecule has 0 bridgehead atoms. The molecule has 0 aromatic carbocycles. The van der Waals surface area contributed by atoms with Gasteiger partial charge in [0.25, 0.3) is 0 Å². The number of amides is 2. The van der Waals surface area contributed by atoms with Crippen LogP contribution in [0.3, 0.4) is 0 Å². The number of nitrogens with zero attached hydrogens (tertiary/aromatic N) is 3. The molecule has 0 spiro atoms. The van der Waals surface area contributed by atoms with E-state index < -0.39 is 0 Å². The molecule has 2 N–H and O–H groups in total. The van der Waals surface area contributed by atoms with E-state index in [4.69, 9.17) is 0 Å². The van der Waals surface area contributed by atoms with Crippen LogP contribution in [-0.4, -0.2) is 39.2 Å². The van der Waals surface area contributed by atoms with Gasteiger partial charge in [0.1, 0.15) is 0 Å². The maximum Gasteiger partial charge on any atom is 0.240 e. The van der Waals surface area contributed by atoms with Crippen molar-refractivity contribution in [2.45, 2.75) is 58.9 Å². The lowest BCUT2D eigenvalue weighted by Gasteiger charge is -2.27. The van der Waals surface area contributed by atoms with Crippen molar-refractivity contribution in [3.8, 4) is 0 Å². The lowest BCUT2D eigenvalue weighted by Crippen LogP contribution is -2.36. The van der Waals surface area contributed by atoms with Crippen LogP contribution >= 0.6 is 0 Å². The molecule has 1 aromatic rings. The molecule has 2 amide bonds. The van der Waals surface area contributed by atoms with Crippen LogP contribution < -0.4 is 5.43 Å². The molecule has 130 valence electrons. The Morgan fingerprint density at radius 3 is 2.83 bits per heavy atom. The first-order valence-electron chi connectivity index (χ1n) is 8.70. The van der Waals surface area contributed by atoms with Gasteiger partial charge in [0.2, 0.25) is 11.8 Å². The molecule has 24 heavy (non-hydrogen) atoms. The number of H-pyrrole nitrogens is 1. The highest BCUT2D eigenvalue weighted by Gasteiger charge is 2.25. The van der Waals surface area contributed by atoms with Crippen LogP contribution in [0.25, 0.3) is 0 Å². The predicted molar refractivity (Wildman–Crippen MR) is 90.3 cm³/mol. The Morgan fingerprint density at radius 1 is 1.29 bits per heavy atom. The maximum absolute atomic E-state index is 12.5. The molecule has 0 fully saturated rings. The van der Waals surface area contributed by atoms with E-state index in [-0.39, 0.29) is 11.8 Å². The SMILES string of the molecule is CC(C)Cc1n[nH]c2c1CN(C(=O)CCC1=NNC(=O)CC1)CC2. The molecule has 3 rings (SSSR count). The Kier molecular flexibility index (Phi) is 4.97. The summed E-state index contributed by atoms with van der Waals surface area (Å²) in [6.07, 6.45) is 3.96. The van der Waals surface area contributed by atoms with Crippen molar-refractivity contribution in [1.29, 1.82) is 0 Å². The Morgan fingerprint density at radius 2 is 2.12 bits per heavy atom. The third-order valence-corrected chi connectivity index (χ3v) is 4.58. The second-order valence-electron chi connectivity index (χ2n) is 7.00. The Balaban J connectivity index is 1.57. The van der Waals surface area contributed by atoms with Crippen LogP contribution in [0, 0.1) is 5.92 Å². The maximum atomic E-state index is 12.5. The predicted octanol–water partition coefficient (Wildman–Crippen LogP) is 1.54. The number of carbonyl (C=O) groups excluding carboxylic acids is 2. The van der Waals surface area contributed by atoms with Crippen molar-refractivity contribution >= 4 is 17.5 Å². The number of nitrogens with one attached hydrogen (secondary N) is 2. The quantitative estimate of drug-likeness (QED) is 0.857. The Hall–Kier alpha value is -2.18. The topological polar surface area (TPSA) is 90.4 Å². The van der Waals surface area contributed by atoms with Gasteiger partial charge in [0, 0.05) is 49.3 Å². The second kappa shape index (κ2) is 7.15. The van der Waals surface area contributed by atoms with E-state index in [1.54, 1.807) is 0 Å². The Bertz CT molecular complexity index is 662. The van der Waals surface area contributed by atoms with Gasteiger partial charge < -0.3 is 4.90 Å². The minimum atomic E-state index is -0.0497. The first-order chi connectivity index (χ1) is 11.5. The molecule has 0 saturated heterocycles. The average Bonchev–Trinajstić information content (AvgIpc) is 2.95. The van der Waals surface area contributed by atoms with Crippen LogP contribution in [-0.2, 0) is 29.0 Å². The van der Waals surface area contributed by atoms with Gasteiger partial charge in [0.05, 0.1) is 5.69 Å². The third-order valence-electron chi connectivity index (χ3n) is 4.58. The zero-order chi connectivity index (χ0) is 17.1. The van der Waals surface area contributed by atoms with Gasteiger partial charge in [-0.2, -0.15) is 10.2 Å². The van der Waals surface area contributed by atoms with Gasteiger partial charge >= 0.3 is 0 Å². The van der Waals surface area contributed by atoms with E-state index in [1.807, 2.05) is 4.90 Å². The zero-order valence-electron chi connectivity index (χ0n) is 14.4. The third kappa shape index (κ3) is 3.83. The molecule has 0 aliphatic carbocycles. The summed E-state index contributed by atoms with van der Waals surface area (Å²) < 4.78 is 0. The van der Waals surface area contributed by atoms with Crippen molar-refractivity contribution in [3.63, 3.8) is 0 Å². The summed E-state index contributed by atoms with van der Waals surface area (Å²) in [5.41, 5.74) is 6.86. The summed E-state index contributed by atoms with van der Waals surface area (Å²) in [5, 5.41) is 11.6. The highest BCUT2D eigenvalue weighted by molar-refractivity contribution is 5.94. The van der Waals surface area contributed by atoms with Gasteiger partial charge in [-0.15, -0.1) is 0 Å². The molecule has 0 radical (unpaired) electrons. The van der Waals surface area contributed by atoms with Gasteiger partial charge in [-0.1, -0.05) is 13.8 Å². The molecule has 0 saturated carbocycles. The summed E-state index contributed by atoms with van der Waals surface area (Å²) in [7, 11) is 0. The summed E-state index contributed by atoms with van der Waals surface area (Å²) >= 11 is 0. The lowest BCUT2D eigenvalue weighted by atomic mass is 9.99. The summed E-state index contributed by atoms with van der Waals surface area (Å²) in [6, 6.07) is 0. The minimum absolute atomic E-state index is 0.0497. The van der Waals surface area contributed by atoms with Crippen molar-refractivity contribution in [1.82, 2.24) is 20.5 Å². The molecule has 2 aliphatic heterocycles. The number of hydrazone groups is 1. The molecule has 1 aromatic heterocycles. The molecule has 7 heteroatoms. The fourth-order valence-corrected chi connectivity index (χ4v) is 3.22. The number of aromatic nitrogens is 2. The number of aromatic amines is 1. The van der Waals surface area contributed by atoms with Crippen molar-refractivity contribution in [2.24, 2.45) is 11.0 Å². The highest BCUT2D eigenvalue weighted by atomic mass is 16.2. The number of hydrogen-bond donors (Lipinski definition) is 2. The monoisotopic (exact) mass is 331 g/mol. The van der Waals surface area contributed by atoms with Crippen molar-refractivity contribution in [3.05, 3.63) is 17.0 Å². The number of rotatable bonds is 5. The van der Waals surface area contributed by atoms with Crippen LogP contribution in [0.2, 0.25) is 0 Å². The molecule has 2 aliphatic rings. The fourth-order valence-electron chi connectivity index (χ4n) is 3.22. The number of hydrogen-bond acceptors (Lipinski definition) is 4. The van der Waals surface area contributed by atoms with Crippen molar-refractivity contribution in [2.75, 3.05) is 6.54 Å². The first kappa shape index (κ1) is 16.7. The van der Waals surface area contributed by atoms with Crippen LogP contribution in [0.1, 0.15) is 56.5 Å². The minimum Gasteiger partial charge on any atom is -0.338 e. The second-order valence-corrected chi connectivity index (χ2v) is 7.00.